The molecule has 0 saturated heterocycles. The average Bonchev–Trinajstić information content (AvgIpc) is 2.82. The molecule has 1 atom stereocenters. The maximum Gasteiger partial charge on any atom is 0.167 e. The van der Waals surface area contributed by atoms with E-state index in [0.717, 1.165) is 11.1 Å². The van der Waals surface area contributed by atoms with Crippen molar-refractivity contribution in [3.8, 4) is 0 Å². The van der Waals surface area contributed by atoms with Gasteiger partial charge in [0.05, 0.1) is 6.10 Å². The Morgan fingerprint density at radius 2 is 1.85 bits per heavy atom. The number of carbonyl (C=O) groups is 1. The quantitative estimate of drug-likeness (QED) is 0.767. The Morgan fingerprint density at radius 1 is 1.20 bits per heavy atom. The average molecular weight is 270 g/mol. The van der Waals surface area contributed by atoms with Crippen LogP contribution >= 0.6 is 0 Å². The van der Waals surface area contributed by atoms with Gasteiger partial charge in [0, 0.05) is 19.1 Å². The molecule has 0 aromatic heterocycles. The largest absolute Gasteiger partial charge is 0.373 e. The van der Waals surface area contributed by atoms with Gasteiger partial charge in [0.25, 0.3) is 0 Å². The predicted octanol–water partition coefficient (Wildman–Crippen LogP) is 4.19. The standard InChI is InChI=1S/C18H22O2/c1-18(2,3)15-10-11-17(20-4)14(15)12-16(19)13-8-6-5-7-9-13/h5-11,17H,12H2,1-4H3. The Labute approximate surface area is 121 Å². The Hall–Kier alpha value is -1.67. The van der Waals surface area contributed by atoms with Gasteiger partial charge in [-0.3, -0.25) is 4.79 Å². The minimum Gasteiger partial charge on any atom is -0.373 e. The van der Waals surface area contributed by atoms with E-state index >= 15 is 0 Å². The van der Waals surface area contributed by atoms with E-state index < -0.39 is 0 Å². The third kappa shape index (κ3) is 3.07. The van der Waals surface area contributed by atoms with Crippen molar-refractivity contribution in [2.24, 2.45) is 5.41 Å². The third-order valence-electron chi connectivity index (χ3n) is 3.64. The number of methoxy groups -OCH3 is 1. The number of rotatable bonds is 4. The highest BCUT2D eigenvalue weighted by molar-refractivity contribution is 5.97. The summed E-state index contributed by atoms with van der Waals surface area (Å²) in [5.74, 6) is 0.146. The number of carbonyl (C=O) groups excluding carboxylic acids is 1. The van der Waals surface area contributed by atoms with Crippen molar-refractivity contribution in [3.63, 3.8) is 0 Å². The molecule has 0 bridgehead atoms. The van der Waals surface area contributed by atoms with Crippen molar-refractivity contribution >= 4 is 5.78 Å². The zero-order chi connectivity index (χ0) is 14.8. The molecular weight excluding hydrogens is 248 g/mol. The molecule has 1 aromatic carbocycles. The first kappa shape index (κ1) is 14.7. The molecule has 0 radical (unpaired) electrons. The van der Waals surface area contributed by atoms with Gasteiger partial charge < -0.3 is 4.74 Å². The first-order valence-corrected chi connectivity index (χ1v) is 6.96. The molecule has 1 aliphatic carbocycles. The summed E-state index contributed by atoms with van der Waals surface area (Å²) < 4.78 is 5.49. The molecule has 0 fully saturated rings. The summed E-state index contributed by atoms with van der Waals surface area (Å²) in [6.45, 7) is 6.49. The fraction of sp³-hybridized carbons (Fsp3) is 0.389. The van der Waals surface area contributed by atoms with Crippen molar-refractivity contribution < 1.29 is 9.53 Å². The molecule has 106 valence electrons. The van der Waals surface area contributed by atoms with E-state index in [-0.39, 0.29) is 17.3 Å². The van der Waals surface area contributed by atoms with Crippen LogP contribution in [0.3, 0.4) is 0 Å². The second kappa shape index (κ2) is 5.76. The second-order valence-electron chi connectivity index (χ2n) is 6.17. The van der Waals surface area contributed by atoms with E-state index in [1.165, 1.54) is 5.57 Å². The summed E-state index contributed by atoms with van der Waals surface area (Å²) in [5.41, 5.74) is 3.09. The Morgan fingerprint density at radius 3 is 2.40 bits per heavy atom. The zero-order valence-corrected chi connectivity index (χ0v) is 12.6. The molecular formula is C18H22O2. The summed E-state index contributed by atoms with van der Waals surface area (Å²) in [6.07, 6.45) is 4.48. The molecule has 1 aliphatic rings. The van der Waals surface area contributed by atoms with E-state index in [9.17, 15) is 4.79 Å². The lowest BCUT2D eigenvalue weighted by Crippen LogP contribution is -2.17. The van der Waals surface area contributed by atoms with Crippen LogP contribution in [0.2, 0.25) is 0 Å². The van der Waals surface area contributed by atoms with E-state index in [1.807, 2.05) is 36.4 Å². The number of Topliss-reactive ketones (excluding diaryl/α,β-unsaturated/α-hetero) is 1. The normalized spacial score (nSPS) is 18.7. The number of ether oxygens (including phenoxy) is 1. The van der Waals surface area contributed by atoms with Crippen LogP contribution in [0.15, 0.2) is 53.6 Å². The van der Waals surface area contributed by atoms with Crippen LogP contribution in [0.1, 0.15) is 37.6 Å². The molecule has 2 heteroatoms. The van der Waals surface area contributed by atoms with Crippen LogP contribution in [0, 0.1) is 5.41 Å². The van der Waals surface area contributed by atoms with Crippen molar-refractivity contribution in [1.82, 2.24) is 0 Å². The van der Waals surface area contributed by atoms with Crippen LogP contribution in [0.4, 0.5) is 0 Å². The van der Waals surface area contributed by atoms with Crippen LogP contribution in [0.25, 0.3) is 0 Å². The number of hydrogen-bond acceptors (Lipinski definition) is 2. The van der Waals surface area contributed by atoms with Gasteiger partial charge in [-0.25, -0.2) is 0 Å². The lowest BCUT2D eigenvalue weighted by molar-refractivity contribution is 0.0977. The van der Waals surface area contributed by atoms with Gasteiger partial charge in [0.15, 0.2) is 5.78 Å². The molecule has 2 rings (SSSR count). The second-order valence-corrected chi connectivity index (χ2v) is 6.17. The lowest BCUT2D eigenvalue weighted by atomic mass is 9.83. The fourth-order valence-electron chi connectivity index (χ4n) is 2.61. The topological polar surface area (TPSA) is 26.3 Å². The van der Waals surface area contributed by atoms with Gasteiger partial charge in [-0.15, -0.1) is 0 Å². The highest BCUT2D eigenvalue weighted by Gasteiger charge is 2.29. The van der Waals surface area contributed by atoms with Gasteiger partial charge in [0.1, 0.15) is 0 Å². The first-order valence-electron chi connectivity index (χ1n) is 6.96. The third-order valence-corrected chi connectivity index (χ3v) is 3.64. The van der Waals surface area contributed by atoms with Crippen molar-refractivity contribution in [2.75, 3.05) is 7.11 Å². The number of ketones is 1. The van der Waals surface area contributed by atoms with Crippen LogP contribution in [-0.4, -0.2) is 19.0 Å². The Balaban J connectivity index is 2.28. The molecule has 1 unspecified atom stereocenters. The van der Waals surface area contributed by atoms with Gasteiger partial charge in [-0.1, -0.05) is 63.3 Å². The summed E-state index contributed by atoms with van der Waals surface area (Å²) in [4.78, 5) is 12.4. The van der Waals surface area contributed by atoms with Gasteiger partial charge in [0.2, 0.25) is 0 Å². The van der Waals surface area contributed by atoms with E-state index in [2.05, 4.69) is 26.8 Å². The van der Waals surface area contributed by atoms with Gasteiger partial charge in [-0.05, 0) is 16.6 Å². The summed E-state index contributed by atoms with van der Waals surface area (Å²) in [6, 6.07) is 9.44. The molecule has 0 saturated carbocycles. The molecule has 20 heavy (non-hydrogen) atoms. The monoisotopic (exact) mass is 270 g/mol. The van der Waals surface area contributed by atoms with Gasteiger partial charge in [-0.2, -0.15) is 0 Å². The van der Waals surface area contributed by atoms with Crippen LogP contribution < -0.4 is 0 Å². The van der Waals surface area contributed by atoms with E-state index in [1.54, 1.807) is 7.11 Å². The smallest absolute Gasteiger partial charge is 0.167 e. The summed E-state index contributed by atoms with van der Waals surface area (Å²) >= 11 is 0. The van der Waals surface area contributed by atoms with Crippen LogP contribution in [0.5, 0.6) is 0 Å². The molecule has 2 nitrogen and oxygen atoms in total. The van der Waals surface area contributed by atoms with Crippen molar-refractivity contribution in [3.05, 3.63) is 59.2 Å². The fourth-order valence-corrected chi connectivity index (χ4v) is 2.61. The zero-order valence-electron chi connectivity index (χ0n) is 12.6. The SMILES string of the molecule is COC1C=CC(C(C)(C)C)=C1CC(=O)c1ccccc1. The molecule has 0 heterocycles. The number of allylic oxidation sites excluding steroid dienone is 2. The van der Waals surface area contributed by atoms with E-state index in [0.29, 0.717) is 6.42 Å². The molecule has 0 amide bonds. The van der Waals surface area contributed by atoms with Crippen LogP contribution in [-0.2, 0) is 4.74 Å². The molecule has 0 aliphatic heterocycles. The molecule has 0 spiro atoms. The lowest BCUT2D eigenvalue weighted by Gasteiger charge is -2.23. The summed E-state index contributed by atoms with van der Waals surface area (Å²) in [7, 11) is 1.69. The maximum absolute atomic E-state index is 12.4. The molecule has 0 N–H and O–H groups in total. The van der Waals surface area contributed by atoms with Crippen molar-refractivity contribution in [2.45, 2.75) is 33.3 Å². The van der Waals surface area contributed by atoms with Crippen molar-refractivity contribution in [1.29, 1.82) is 0 Å². The minimum atomic E-state index is -0.0723. The minimum absolute atomic E-state index is 0.0239. The highest BCUT2D eigenvalue weighted by atomic mass is 16.5. The highest BCUT2D eigenvalue weighted by Crippen LogP contribution is 2.37. The van der Waals surface area contributed by atoms with Gasteiger partial charge >= 0.3 is 0 Å². The first-order chi connectivity index (χ1) is 9.43. The number of benzene rings is 1. The molecule has 1 aromatic rings. The van der Waals surface area contributed by atoms with E-state index in [4.69, 9.17) is 4.74 Å². The maximum atomic E-state index is 12.4. The Kier molecular flexibility index (Phi) is 4.24. The predicted molar refractivity (Wildman–Crippen MR) is 81.8 cm³/mol. The number of hydrogen-bond donors (Lipinski definition) is 0. The summed E-state index contributed by atoms with van der Waals surface area (Å²) in [5, 5.41) is 0. The Bertz CT molecular complexity index is 545.